The molecule has 1 saturated heterocycles. The summed E-state index contributed by atoms with van der Waals surface area (Å²) >= 11 is 0. The van der Waals surface area contributed by atoms with Crippen LogP contribution in [0.5, 0.6) is 5.75 Å². The van der Waals surface area contributed by atoms with Crippen LogP contribution < -0.4 is 9.64 Å². The molecule has 0 spiro atoms. The third-order valence-corrected chi connectivity index (χ3v) is 4.16. The Labute approximate surface area is 117 Å². The lowest BCUT2D eigenvalue weighted by Crippen LogP contribution is -2.32. The van der Waals surface area contributed by atoms with Crippen LogP contribution in [0.3, 0.4) is 0 Å². The quantitative estimate of drug-likeness (QED) is 0.792. The van der Waals surface area contributed by atoms with Crippen LogP contribution in [-0.2, 0) is 4.79 Å². The van der Waals surface area contributed by atoms with E-state index in [-0.39, 0.29) is 17.9 Å². The number of rotatable bonds is 1. The van der Waals surface area contributed by atoms with Crippen LogP contribution >= 0.6 is 0 Å². The van der Waals surface area contributed by atoms with Crippen molar-refractivity contribution in [1.29, 1.82) is 0 Å². The number of carbonyl (C=O) groups excluding carboxylic acids is 1. The van der Waals surface area contributed by atoms with Crippen LogP contribution in [0, 0.1) is 5.92 Å². The summed E-state index contributed by atoms with van der Waals surface area (Å²) in [5.41, 5.74) is 2.10. The van der Waals surface area contributed by atoms with Gasteiger partial charge in [0.05, 0.1) is 12.6 Å². The fourth-order valence-corrected chi connectivity index (χ4v) is 3.29. The smallest absolute Gasteiger partial charge is 0.228 e. The Morgan fingerprint density at radius 1 is 1.00 bits per heavy atom. The van der Waals surface area contributed by atoms with Gasteiger partial charge in [0.2, 0.25) is 5.91 Å². The second-order valence-corrected chi connectivity index (χ2v) is 5.36. The second kappa shape index (κ2) is 4.37. The molecule has 2 aromatic carbocycles. The molecule has 0 bridgehead atoms. The predicted molar refractivity (Wildman–Crippen MR) is 76.7 cm³/mol. The molecule has 1 amide bonds. The summed E-state index contributed by atoms with van der Waals surface area (Å²) in [6.45, 7) is 0.622. The van der Waals surface area contributed by atoms with Gasteiger partial charge in [0.25, 0.3) is 0 Å². The van der Waals surface area contributed by atoms with Crippen LogP contribution in [0.25, 0.3) is 0 Å². The number of anilines is 1. The SMILES string of the molecule is O=C1CC2COc3ccccc3C2N1c1ccccc1. The van der Waals surface area contributed by atoms with Crippen molar-refractivity contribution in [3.63, 3.8) is 0 Å². The first-order valence-electron chi connectivity index (χ1n) is 6.93. The molecule has 2 atom stereocenters. The summed E-state index contributed by atoms with van der Waals surface area (Å²) in [6, 6.07) is 18.1. The van der Waals surface area contributed by atoms with Crippen molar-refractivity contribution in [2.45, 2.75) is 12.5 Å². The zero-order valence-electron chi connectivity index (χ0n) is 11.0. The summed E-state index contributed by atoms with van der Waals surface area (Å²) < 4.78 is 5.79. The topological polar surface area (TPSA) is 29.5 Å². The van der Waals surface area contributed by atoms with E-state index < -0.39 is 0 Å². The Kier molecular flexibility index (Phi) is 2.52. The zero-order valence-corrected chi connectivity index (χ0v) is 11.0. The Balaban J connectivity index is 1.83. The summed E-state index contributed by atoms with van der Waals surface area (Å²) in [7, 11) is 0. The number of benzene rings is 2. The minimum Gasteiger partial charge on any atom is -0.493 e. The molecule has 0 radical (unpaired) electrons. The minimum absolute atomic E-state index is 0.106. The molecule has 20 heavy (non-hydrogen) atoms. The molecule has 0 aromatic heterocycles. The van der Waals surface area contributed by atoms with E-state index in [2.05, 4.69) is 6.07 Å². The van der Waals surface area contributed by atoms with E-state index in [0.717, 1.165) is 17.0 Å². The maximum Gasteiger partial charge on any atom is 0.228 e. The molecule has 2 aromatic rings. The molecule has 2 aliphatic rings. The van der Waals surface area contributed by atoms with Crippen molar-refractivity contribution in [3.8, 4) is 5.75 Å². The Morgan fingerprint density at radius 3 is 2.60 bits per heavy atom. The van der Waals surface area contributed by atoms with E-state index in [1.165, 1.54) is 0 Å². The van der Waals surface area contributed by atoms with Crippen molar-refractivity contribution in [2.24, 2.45) is 5.92 Å². The van der Waals surface area contributed by atoms with Gasteiger partial charge in [0.15, 0.2) is 0 Å². The van der Waals surface area contributed by atoms with Crippen molar-refractivity contribution in [3.05, 3.63) is 60.2 Å². The average Bonchev–Trinajstić information content (AvgIpc) is 2.84. The van der Waals surface area contributed by atoms with Gasteiger partial charge in [-0.3, -0.25) is 4.79 Å². The van der Waals surface area contributed by atoms with Crippen molar-refractivity contribution in [1.82, 2.24) is 0 Å². The Hall–Kier alpha value is -2.29. The lowest BCUT2D eigenvalue weighted by atomic mass is 9.91. The maximum atomic E-state index is 12.4. The molecule has 0 N–H and O–H groups in total. The molecule has 3 heteroatoms. The van der Waals surface area contributed by atoms with Gasteiger partial charge in [0.1, 0.15) is 5.75 Å². The molecule has 2 unspecified atom stereocenters. The number of ether oxygens (including phenoxy) is 1. The molecule has 1 fully saturated rings. The highest BCUT2D eigenvalue weighted by Crippen LogP contribution is 2.46. The lowest BCUT2D eigenvalue weighted by Gasteiger charge is -2.33. The summed E-state index contributed by atoms with van der Waals surface area (Å²) in [5.74, 6) is 1.34. The van der Waals surface area contributed by atoms with Gasteiger partial charge in [-0.25, -0.2) is 0 Å². The van der Waals surface area contributed by atoms with E-state index in [1.807, 2.05) is 53.4 Å². The molecular weight excluding hydrogens is 250 g/mol. The van der Waals surface area contributed by atoms with Gasteiger partial charge < -0.3 is 9.64 Å². The van der Waals surface area contributed by atoms with E-state index in [0.29, 0.717) is 13.0 Å². The fourth-order valence-electron chi connectivity index (χ4n) is 3.29. The summed E-state index contributed by atoms with van der Waals surface area (Å²) in [5, 5.41) is 0. The van der Waals surface area contributed by atoms with Crippen LogP contribution in [0.15, 0.2) is 54.6 Å². The first-order valence-corrected chi connectivity index (χ1v) is 6.93. The first kappa shape index (κ1) is 11.5. The van der Waals surface area contributed by atoms with Gasteiger partial charge in [-0.2, -0.15) is 0 Å². The third kappa shape index (κ3) is 1.63. The highest BCUT2D eigenvalue weighted by atomic mass is 16.5. The highest BCUT2D eigenvalue weighted by Gasteiger charge is 2.45. The number of fused-ring (bicyclic) bond motifs is 3. The number of nitrogens with zero attached hydrogens (tertiary/aromatic N) is 1. The normalized spacial score (nSPS) is 24.0. The molecule has 0 aliphatic carbocycles. The van der Waals surface area contributed by atoms with Gasteiger partial charge in [0, 0.05) is 23.6 Å². The molecule has 2 heterocycles. The van der Waals surface area contributed by atoms with Gasteiger partial charge in [-0.1, -0.05) is 36.4 Å². The molecule has 2 aliphatic heterocycles. The van der Waals surface area contributed by atoms with E-state index in [1.54, 1.807) is 0 Å². The first-order chi connectivity index (χ1) is 9.84. The largest absolute Gasteiger partial charge is 0.493 e. The van der Waals surface area contributed by atoms with Gasteiger partial charge >= 0.3 is 0 Å². The molecule has 100 valence electrons. The van der Waals surface area contributed by atoms with Crippen LogP contribution in [0.1, 0.15) is 18.0 Å². The van der Waals surface area contributed by atoms with Crippen molar-refractivity contribution >= 4 is 11.6 Å². The summed E-state index contributed by atoms with van der Waals surface area (Å²) in [6.07, 6.45) is 0.563. The van der Waals surface area contributed by atoms with E-state index in [9.17, 15) is 4.79 Å². The molecule has 3 nitrogen and oxygen atoms in total. The van der Waals surface area contributed by atoms with Crippen LogP contribution in [-0.4, -0.2) is 12.5 Å². The van der Waals surface area contributed by atoms with Crippen LogP contribution in [0.4, 0.5) is 5.69 Å². The molecule has 4 rings (SSSR count). The minimum atomic E-state index is 0.106. The Bertz CT molecular complexity index is 653. The summed E-state index contributed by atoms with van der Waals surface area (Å²) in [4.78, 5) is 14.4. The number of hydrogen-bond donors (Lipinski definition) is 0. The number of carbonyl (C=O) groups is 1. The number of para-hydroxylation sites is 2. The molecule has 0 saturated carbocycles. The monoisotopic (exact) mass is 265 g/mol. The van der Waals surface area contributed by atoms with Gasteiger partial charge in [-0.15, -0.1) is 0 Å². The van der Waals surface area contributed by atoms with Gasteiger partial charge in [-0.05, 0) is 18.2 Å². The number of amides is 1. The predicted octanol–water partition coefficient (Wildman–Crippen LogP) is 3.17. The fraction of sp³-hybridized carbons (Fsp3) is 0.235. The molecular formula is C17H15NO2. The maximum absolute atomic E-state index is 12.4. The van der Waals surface area contributed by atoms with E-state index in [4.69, 9.17) is 4.74 Å². The van der Waals surface area contributed by atoms with Crippen LogP contribution in [0.2, 0.25) is 0 Å². The zero-order chi connectivity index (χ0) is 13.5. The van der Waals surface area contributed by atoms with Crippen molar-refractivity contribution in [2.75, 3.05) is 11.5 Å². The Morgan fingerprint density at radius 2 is 1.75 bits per heavy atom. The average molecular weight is 265 g/mol. The second-order valence-electron chi connectivity index (χ2n) is 5.36. The van der Waals surface area contributed by atoms with Crippen molar-refractivity contribution < 1.29 is 9.53 Å². The highest BCUT2D eigenvalue weighted by molar-refractivity contribution is 5.97. The third-order valence-electron chi connectivity index (χ3n) is 4.16. The lowest BCUT2D eigenvalue weighted by molar-refractivity contribution is -0.117. The number of hydrogen-bond acceptors (Lipinski definition) is 2. The van der Waals surface area contributed by atoms with E-state index >= 15 is 0 Å². The standard InChI is InChI=1S/C17H15NO2/c19-16-10-12-11-20-15-9-5-4-8-14(15)17(12)18(16)13-6-2-1-3-7-13/h1-9,12,17H,10-11H2.